The third-order valence-corrected chi connectivity index (χ3v) is 2.11. The molecule has 0 atom stereocenters. The number of rotatable bonds is 3. The minimum atomic E-state index is 0.815. The van der Waals surface area contributed by atoms with Crippen LogP contribution in [0.25, 0.3) is 0 Å². The van der Waals surface area contributed by atoms with Crippen LogP contribution in [0, 0.1) is 6.92 Å². The second-order valence-electron chi connectivity index (χ2n) is 3.31. The molecule has 1 heterocycles. The van der Waals surface area contributed by atoms with Crippen molar-refractivity contribution in [2.75, 3.05) is 0 Å². The maximum atomic E-state index is 4.42. The van der Waals surface area contributed by atoms with Crippen LogP contribution in [-0.4, -0.2) is 15.7 Å². The maximum Gasteiger partial charge on any atom is 0.105 e. The van der Waals surface area contributed by atoms with Gasteiger partial charge in [0.1, 0.15) is 5.69 Å². The van der Waals surface area contributed by atoms with Crippen LogP contribution < -0.4 is 0 Å². The summed E-state index contributed by atoms with van der Waals surface area (Å²) < 4.78 is 0.815. The Hall–Kier alpha value is -1.16. The molecule has 0 saturated carbocycles. The van der Waals surface area contributed by atoms with E-state index in [0.29, 0.717) is 0 Å². The fourth-order valence-electron chi connectivity index (χ4n) is 1.30. The Bertz CT molecular complexity index is 427. The molecule has 0 saturated heterocycles. The van der Waals surface area contributed by atoms with Gasteiger partial charge in [0.25, 0.3) is 0 Å². The smallest absolute Gasteiger partial charge is 0.105 e. The van der Waals surface area contributed by atoms with Crippen molar-refractivity contribution in [3.05, 3.63) is 40.5 Å². The first kappa shape index (κ1) is 11.9. The van der Waals surface area contributed by atoms with Crippen molar-refractivity contribution in [3.63, 3.8) is 0 Å². The summed E-state index contributed by atoms with van der Waals surface area (Å²) >= 11 is 3.27. The first-order chi connectivity index (χ1) is 7.00. The van der Waals surface area contributed by atoms with Gasteiger partial charge in [0.15, 0.2) is 0 Å². The van der Waals surface area contributed by atoms with Crippen LogP contribution in [0.2, 0.25) is 0 Å². The molecular formula is C11H14BrN3. The van der Waals surface area contributed by atoms with Gasteiger partial charge in [-0.25, -0.2) is 4.98 Å². The highest BCUT2D eigenvalue weighted by Gasteiger charge is 2.03. The molecule has 0 aliphatic rings. The average Bonchev–Trinajstić information content (AvgIpc) is 2.49. The molecule has 0 fully saturated rings. The SMILES string of the molecule is C=C(Br)/C=C(\C)N=C(C)c1nc[nH]c1C. The number of nitrogens with zero attached hydrogens (tertiary/aromatic N) is 2. The van der Waals surface area contributed by atoms with Gasteiger partial charge in [-0.3, -0.25) is 4.99 Å². The lowest BCUT2D eigenvalue weighted by atomic mass is 10.2. The molecule has 1 aromatic heterocycles. The van der Waals surface area contributed by atoms with Gasteiger partial charge in [0, 0.05) is 15.9 Å². The van der Waals surface area contributed by atoms with Crippen molar-refractivity contribution in [1.82, 2.24) is 9.97 Å². The molecule has 3 nitrogen and oxygen atoms in total. The summed E-state index contributed by atoms with van der Waals surface area (Å²) in [5, 5.41) is 0. The number of aliphatic imine (C=N–C) groups is 1. The molecule has 1 aromatic rings. The van der Waals surface area contributed by atoms with E-state index in [4.69, 9.17) is 0 Å². The van der Waals surface area contributed by atoms with Crippen molar-refractivity contribution >= 4 is 21.6 Å². The second kappa shape index (κ2) is 5.07. The number of hydrogen-bond donors (Lipinski definition) is 1. The third kappa shape index (κ3) is 3.47. The highest BCUT2D eigenvalue weighted by atomic mass is 79.9. The summed E-state index contributed by atoms with van der Waals surface area (Å²) in [6.07, 6.45) is 3.54. The van der Waals surface area contributed by atoms with Crippen LogP contribution in [-0.2, 0) is 0 Å². The molecule has 0 amide bonds. The molecule has 0 aliphatic carbocycles. The molecule has 4 heteroatoms. The maximum absolute atomic E-state index is 4.42. The zero-order valence-electron chi connectivity index (χ0n) is 9.13. The zero-order chi connectivity index (χ0) is 11.4. The standard InChI is InChI=1S/C11H14BrN3/c1-7(12)5-8(2)15-10(4)11-9(3)13-6-14-11/h5-6H,1H2,2-4H3,(H,13,14)/b8-5+,15-10?. The number of aromatic nitrogens is 2. The summed E-state index contributed by atoms with van der Waals surface area (Å²) in [5.41, 5.74) is 3.73. The van der Waals surface area contributed by atoms with E-state index in [1.807, 2.05) is 26.8 Å². The zero-order valence-corrected chi connectivity index (χ0v) is 10.7. The van der Waals surface area contributed by atoms with E-state index < -0.39 is 0 Å². The average molecular weight is 268 g/mol. The van der Waals surface area contributed by atoms with Gasteiger partial charge in [-0.15, -0.1) is 0 Å². The normalized spacial score (nSPS) is 13.1. The fourth-order valence-corrected chi connectivity index (χ4v) is 1.63. The molecule has 80 valence electrons. The quantitative estimate of drug-likeness (QED) is 0.663. The number of imidazole rings is 1. The van der Waals surface area contributed by atoms with Crippen LogP contribution in [0.3, 0.4) is 0 Å². The number of hydrogen-bond acceptors (Lipinski definition) is 2. The van der Waals surface area contributed by atoms with E-state index in [-0.39, 0.29) is 0 Å². The molecule has 0 aromatic carbocycles. The highest BCUT2D eigenvalue weighted by molar-refractivity contribution is 9.11. The Labute approximate surface area is 98.2 Å². The molecule has 0 aliphatic heterocycles. The van der Waals surface area contributed by atoms with E-state index in [1.54, 1.807) is 6.33 Å². The molecule has 0 radical (unpaired) electrons. The minimum absolute atomic E-state index is 0.815. The number of H-pyrrole nitrogens is 1. The first-order valence-electron chi connectivity index (χ1n) is 4.59. The summed E-state index contributed by atoms with van der Waals surface area (Å²) in [7, 11) is 0. The largest absolute Gasteiger partial charge is 0.348 e. The first-order valence-corrected chi connectivity index (χ1v) is 5.38. The predicted octanol–water partition coefficient (Wildman–Crippen LogP) is 3.34. The Balaban J connectivity index is 2.95. The van der Waals surface area contributed by atoms with Crippen LogP contribution in [0.15, 0.2) is 34.2 Å². The second-order valence-corrected chi connectivity index (χ2v) is 4.32. The van der Waals surface area contributed by atoms with Crippen molar-refractivity contribution in [3.8, 4) is 0 Å². The van der Waals surface area contributed by atoms with Gasteiger partial charge in [-0.1, -0.05) is 22.5 Å². The highest BCUT2D eigenvalue weighted by Crippen LogP contribution is 2.10. The van der Waals surface area contributed by atoms with Gasteiger partial charge in [-0.2, -0.15) is 0 Å². The Morgan fingerprint density at radius 1 is 1.60 bits per heavy atom. The topological polar surface area (TPSA) is 41.0 Å². The van der Waals surface area contributed by atoms with E-state index >= 15 is 0 Å². The molecule has 0 unspecified atom stereocenters. The number of nitrogens with one attached hydrogen (secondary N) is 1. The fraction of sp³-hybridized carbons (Fsp3) is 0.273. The van der Waals surface area contributed by atoms with E-state index in [1.165, 1.54) is 0 Å². The Morgan fingerprint density at radius 3 is 2.73 bits per heavy atom. The predicted molar refractivity (Wildman–Crippen MR) is 67.4 cm³/mol. The van der Waals surface area contributed by atoms with E-state index in [2.05, 4.69) is 37.5 Å². The van der Waals surface area contributed by atoms with Gasteiger partial charge in [0.2, 0.25) is 0 Å². The van der Waals surface area contributed by atoms with Crippen LogP contribution >= 0.6 is 15.9 Å². The van der Waals surface area contributed by atoms with Crippen molar-refractivity contribution in [2.24, 2.45) is 4.99 Å². The number of halogens is 1. The summed E-state index contributed by atoms with van der Waals surface area (Å²) in [4.78, 5) is 11.7. The lowest BCUT2D eigenvalue weighted by Crippen LogP contribution is -1.98. The van der Waals surface area contributed by atoms with Crippen LogP contribution in [0.1, 0.15) is 25.2 Å². The Morgan fingerprint density at radius 2 is 2.27 bits per heavy atom. The van der Waals surface area contributed by atoms with Crippen molar-refractivity contribution in [2.45, 2.75) is 20.8 Å². The summed E-state index contributed by atoms with van der Waals surface area (Å²) in [6, 6.07) is 0. The molecule has 0 spiro atoms. The Kier molecular flexibility index (Phi) is 4.03. The molecule has 1 rings (SSSR count). The summed E-state index contributed by atoms with van der Waals surface area (Å²) in [6.45, 7) is 9.58. The van der Waals surface area contributed by atoms with Gasteiger partial charge < -0.3 is 4.98 Å². The van der Waals surface area contributed by atoms with Crippen LogP contribution in [0.4, 0.5) is 0 Å². The van der Waals surface area contributed by atoms with Gasteiger partial charge >= 0.3 is 0 Å². The number of allylic oxidation sites excluding steroid dienone is 3. The van der Waals surface area contributed by atoms with Gasteiger partial charge in [0.05, 0.1) is 12.0 Å². The number of aromatic amines is 1. The lowest BCUT2D eigenvalue weighted by molar-refractivity contribution is 1.24. The molecule has 0 bridgehead atoms. The van der Waals surface area contributed by atoms with E-state index in [0.717, 1.165) is 27.3 Å². The molecule has 1 N–H and O–H groups in total. The number of aryl methyl sites for hydroxylation is 1. The summed E-state index contributed by atoms with van der Waals surface area (Å²) in [5.74, 6) is 0. The lowest BCUT2D eigenvalue weighted by Gasteiger charge is -1.98. The van der Waals surface area contributed by atoms with Crippen molar-refractivity contribution in [1.29, 1.82) is 0 Å². The monoisotopic (exact) mass is 267 g/mol. The molecular weight excluding hydrogens is 254 g/mol. The third-order valence-electron chi connectivity index (χ3n) is 1.88. The van der Waals surface area contributed by atoms with Gasteiger partial charge in [-0.05, 0) is 26.8 Å². The van der Waals surface area contributed by atoms with E-state index in [9.17, 15) is 0 Å². The van der Waals surface area contributed by atoms with Crippen LogP contribution in [0.5, 0.6) is 0 Å². The molecule has 15 heavy (non-hydrogen) atoms. The minimum Gasteiger partial charge on any atom is -0.348 e. The van der Waals surface area contributed by atoms with Crippen molar-refractivity contribution < 1.29 is 0 Å².